The largest absolute Gasteiger partial charge is 0.494 e. The van der Waals surface area contributed by atoms with E-state index in [-0.39, 0.29) is 17.2 Å². The van der Waals surface area contributed by atoms with E-state index in [9.17, 15) is 14.4 Å². The maximum absolute atomic E-state index is 14.4. The first-order valence-electron chi connectivity index (χ1n) is 14.4. The molecule has 0 bridgehead atoms. The van der Waals surface area contributed by atoms with Crippen molar-refractivity contribution in [3.63, 3.8) is 0 Å². The van der Waals surface area contributed by atoms with Crippen LogP contribution in [0.15, 0.2) is 97.1 Å². The van der Waals surface area contributed by atoms with Gasteiger partial charge in [-0.15, -0.1) is 0 Å². The number of hydrogen-bond acceptors (Lipinski definition) is 4. The molecule has 43 heavy (non-hydrogen) atoms. The van der Waals surface area contributed by atoms with Gasteiger partial charge in [-0.25, -0.2) is 9.69 Å². The highest BCUT2D eigenvalue weighted by Gasteiger charge is 2.53. The standard InChI is InChI=1S/C35H30N4O4/c1-3-43-23-18-16-22(17-19-23)36-33(40)26-13-7-9-15-29(26)39-34(41)30-20-27-25-12-6-8-14-28(25)37-31(27)32(38(30)35(39)42)24-11-5-4-10-21(24)2/h4-19,30,32,37H,3,20H2,1-2H3,(H,36,40)/t30-,32+/m0/s1. The molecule has 0 saturated carbocycles. The van der Waals surface area contributed by atoms with E-state index >= 15 is 0 Å². The molecular weight excluding hydrogens is 540 g/mol. The SMILES string of the molecule is CCOc1ccc(NC(=O)c2ccccc2N2C(=O)[C@@H]3Cc4c([nH]c5ccccc45)[C@@H](c4ccccc4C)N3C2=O)cc1. The Bertz CT molecular complexity index is 1890. The zero-order chi connectivity index (χ0) is 29.7. The van der Waals surface area contributed by atoms with Crippen LogP contribution in [0.2, 0.25) is 0 Å². The number of fused-ring (bicyclic) bond motifs is 4. The van der Waals surface area contributed by atoms with Crippen LogP contribution in [0.25, 0.3) is 10.9 Å². The lowest BCUT2D eigenvalue weighted by Crippen LogP contribution is -2.44. The van der Waals surface area contributed by atoms with Crippen molar-refractivity contribution in [2.75, 3.05) is 16.8 Å². The van der Waals surface area contributed by atoms with Crippen molar-refractivity contribution in [3.8, 4) is 5.75 Å². The Morgan fingerprint density at radius 1 is 0.930 bits per heavy atom. The summed E-state index contributed by atoms with van der Waals surface area (Å²) in [7, 11) is 0. The molecule has 7 rings (SSSR count). The van der Waals surface area contributed by atoms with Crippen LogP contribution in [0.3, 0.4) is 0 Å². The van der Waals surface area contributed by atoms with Gasteiger partial charge < -0.3 is 15.0 Å². The Hall–Kier alpha value is -5.37. The first kappa shape index (κ1) is 26.5. The molecule has 0 aliphatic carbocycles. The number of anilines is 2. The van der Waals surface area contributed by atoms with Gasteiger partial charge in [0, 0.05) is 28.7 Å². The van der Waals surface area contributed by atoms with Crippen molar-refractivity contribution in [2.45, 2.75) is 32.4 Å². The highest BCUT2D eigenvalue weighted by molar-refractivity contribution is 6.24. The minimum Gasteiger partial charge on any atom is -0.494 e. The number of H-pyrrole nitrogens is 1. The number of nitrogens with one attached hydrogen (secondary N) is 2. The van der Waals surface area contributed by atoms with E-state index in [1.165, 1.54) is 4.90 Å². The number of imide groups is 1. The lowest BCUT2D eigenvalue weighted by molar-refractivity contribution is -0.120. The summed E-state index contributed by atoms with van der Waals surface area (Å²) in [5.41, 5.74) is 5.95. The number of urea groups is 1. The van der Waals surface area contributed by atoms with E-state index in [1.807, 2.05) is 56.3 Å². The van der Waals surface area contributed by atoms with Crippen LogP contribution in [0.1, 0.15) is 45.7 Å². The van der Waals surface area contributed by atoms with Crippen LogP contribution in [0.5, 0.6) is 5.75 Å². The van der Waals surface area contributed by atoms with Crippen LogP contribution in [0, 0.1) is 6.92 Å². The van der Waals surface area contributed by atoms with Gasteiger partial charge in [0.25, 0.3) is 11.8 Å². The Labute approximate surface area is 248 Å². The van der Waals surface area contributed by atoms with Gasteiger partial charge >= 0.3 is 6.03 Å². The fourth-order valence-electron chi connectivity index (χ4n) is 6.37. The topological polar surface area (TPSA) is 94.7 Å². The second-order valence-electron chi connectivity index (χ2n) is 10.8. The van der Waals surface area contributed by atoms with Gasteiger partial charge in [-0.2, -0.15) is 0 Å². The fourth-order valence-corrected chi connectivity index (χ4v) is 6.37. The summed E-state index contributed by atoms with van der Waals surface area (Å²) in [5.74, 6) is -0.0654. The van der Waals surface area contributed by atoms with Crippen LogP contribution in [-0.2, 0) is 11.2 Å². The monoisotopic (exact) mass is 570 g/mol. The second-order valence-corrected chi connectivity index (χ2v) is 10.8. The third kappa shape index (κ3) is 4.34. The number of hydrogen-bond donors (Lipinski definition) is 2. The van der Waals surface area contributed by atoms with Gasteiger partial charge in [0.1, 0.15) is 17.8 Å². The highest BCUT2D eigenvalue weighted by Crippen LogP contribution is 2.45. The lowest BCUT2D eigenvalue weighted by Gasteiger charge is -2.36. The van der Waals surface area contributed by atoms with Crippen molar-refractivity contribution in [2.24, 2.45) is 0 Å². The molecule has 0 radical (unpaired) electrons. The summed E-state index contributed by atoms with van der Waals surface area (Å²) in [5, 5.41) is 3.94. The van der Waals surface area contributed by atoms with Crippen LogP contribution >= 0.6 is 0 Å². The number of rotatable bonds is 6. The molecule has 4 amide bonds. The Morgan fingerprint density at radius 2 is 1.65 bits per heavy atom. The first-order valence-corrected chi connectivity index (χ1v) is 14.4. The predicted octanol–water partition coefficient (Wildman–Crippen LogP) is 6.61. The van der Waals surface area contributed by atoms with Gasteiger partial charge in [0.2, 0.25) is 0 Å². The number of benzene rings is 4. The maximum Gasteiger partial charge on any atom is 0.332 e. The number of ether oxygens (including phenoxy) is 1. The number of amides is 4. The molecule has 8 heteroatoms. The molecule has 214 valence electrons. The number of para-hydroxylation sites is 2. The van der Waals surface area contributed by atoms with Crippen LogP contribution in [-0.4, -0.2) is 40.4 Å². The number of aromatic amines is 1. The Balaban J connectivity index is 1.28. The Morgan fingerprint density at radius 3 is 2.44 bits per heavy atom. The molecule has 0 spiro atoms. The van der Waals surface area contributed by atoms with Gasteiger partial charge in [-0.3, -0.25) is 14.5 Å². The molecule has 2 aliphatic heterocycles. The molecule has 1 saturated heterocycles. The van der Waals surface area contributed by atoms with Crippen molar-refractivity contribution in [1.29, 1.82) is 0 Å². The lowest BCUT2D eigenvalue weighted by atomic mass is 9.87. The number of aromatic nitrogens is 1. The average molecular weight is 571 g/mol. The molecule has 4 aromatic carbocycles. The number of nitrogens with zero attached hydrogens (tertiary/aromatic N) is 2. The molecule has 8 nitrogen and oxygen atoms in total. The number of carbonyl (C=O) groups is 3. The quantitative estimate of drug-likeness (QED) is 0.225. The molecule has 0 unspecified atom stereocenters. The second kappa shape index (κ2) is 10.5. The zero-order valence-corrected chi connectivity index (χ0v) is 23.8. The molecule has 5 aromatic rings. The predicted molar refractivity (Wildman–Crippen MR) is 166 cm³/mol. The summed E-state index contributed by atoms with van der Waals surface area (Å²) in [6.45, 7) is 4.46. The van der Waals surface area contributed by atoms with Crippen LogP contribution < -0.4 is 15.0 Å². The molecule has 2 N–H and O–H groups in total. The summed E-state index contributed by atoms with van der Waals surface area (Å²) in [6.07, 6.45) is 0.378. The first-order chi connectivity index (χ1) is 21.0. The van der Waals surface area contributed by atoms with E-state index in [4.69, 9.17) is 4.74 Å². The molecule has 1 aromatic heterocycles. The van der Waals surface area contributed by atoms with E-state index in [1.54, 1.807) is 53.4 Å². The normalized spacial score (nSPS) is 17.6. The summed E-state index contributed by atoms with van der Waals surface area (Å²) >= 11 is 0. The smallest absolute Gasteiger partial charge is 0.332 e. The third-order valence-corrected chi connectivity index (χ3v) is 8.34. The molecule has 2 aliphatic rings. The summed E-state index contributed by atoms with van der Waals surface area (Å²) in [4.78, 5) is 48.6. The third-order valence-electron chi connectivity index (χ3n) is 8.34. The van der Waals surface area contributed by atoms with Crippen molar-refractivity contribution < 1.29 is 19.1 Å². The summed E-state index contributed by atoms with van der Waals surface area (Å²) < 4.78 is 5.49. The molecule has 2 atom stereocenters. The van der Waals surface area contributed by atoms with E-state index < -0.39 is 24.0 Å². The highest BCUT2D eigenvalue weighted by atomic mass is 16.5. The van der Waals surface area contributed by atoms with Gasteiger partial charge in [-0.1, -0.05) is 54.6 Å². The molecule has 1 fully saturated rings. The van der Waals surface area contributed by atoms with Gasteiger partial charge in [0.05, 0.1) is 17.9 Å². The van der Waals surface area contributed by atoms with Gasteiger partial charge in [0.15, 0.2) is 0 Å². The van der Waals surface area contributed by atoms with E-state index in [0.717, 1.165) is 33.3 Å². The fraction of sp³-hybridized carbons (Fsp3) is 0.171. The van der Waals surface area contributed by atoms with Crippen molar-refractivity contribution in [3.05, 3.63) is 125 Å². The van der Waals surface area contributed by atoms with Crippen molar-refractivity contribution in [1.82, 2.24) is 9.88 Å². The molecular formula is C35H30N4O4. The maximum atomic E-state index is 14.4. The van der Waals surface area contributed by atoms with E-state index in [2.05, 4.69) is 16.4 Å². The Kier molecular flexibility index (Phi) is 6.46. The number of carbonyl (C=O) groups excluding carboxylic acids is 3. The van der Waals surface area contributed by atoms with Crippen molar-refractivity contribution >= 4 is 40.1 Å². The number of aryl methyl sites for hydroxylation is 1. The van der Waals surface area contributed by atoms with E-state index in [0.29, 0.717) is 24.5 Å². The molecule has 3 heterocycles. The minimum atomic E-state index is -0.717. The van der Waals surface area contributed by atoms with Gasteiger partial charge in [-0.05, 0) is 73.0 Å². The average Bonchev–Trinajstić information content (AvgIpc) is 3.51. The van der Waals surface area contributed by atoms with Crippen LogP contribution in [0.4, 0.5) is 16.2 Å². The summed E-state index contributed by atoms with van der Waals surface area (Å²) in [6, 6.07) is 28.1. The zero-order valence-electron chi connectivity index (χ0n) is 23.8. The minimum absolute atomic E-state index is 0.231.